The van der Waals surface area contributed by atoms with Gasteiger partial charge in [0, 0.05) is 12.5 Å². The average Bonchev–Trinajstić information content (AvgIpc) is 2.96. The maximum Gasteiger partial charge on any atom is 0.402 e. The van der Waals surface area contributed by atoms with Crippen LogP contribution in [0.15, 0.2) is 21.6 Å². The summed E-state index contributed by atoms with van der Waals surface area (Å²) in [6, 6.07) is 1.15. The van der Waals surface area contributed by atoms with Crippen molar-refractivity contribution in [3.05, 3.63) is 16.7 Å². The van der Waals surface area contributed by atoms with Gasteiger partial charge in [0.1, 0.15) is 11.4 Å². The molecule has 1 atom stereocenters. The SMILES string of the molecule is O=S(=O)(NCC(F)(F)F)c1cnc(OCC2CCOC2)c(Br)c1. The fraction of sp³-hybridized carbons (Fsp3) is 0.583. The topological polar surface area (TPSA) is 77.5 Å². The summed E-state index contributed by atoms with van der Waals surface area (Å²) in [5, 5.41) is 0. The standard InChI is InChI=1S/C12H14BrF3N2O4S/c13-10-3-9(23(19,20)18-7-12(14,15)16)4-17-11(10)22-6-8-1-2-21-5-8/h3-4,8,18H,1-2,5-7H2. The number of hydrogen-bond donors (Lipinski definition) is 1. The van der Waals surface area contributed by atoms with Crippen molar-refractivity contribution in [3.8, 4) is 5.88 Å². The first-order chi connectivity index (χ1) is 10.7. The smallest absolute Gasteiger partial charge is 0.402 e. The molecule has 1 unspecified atom stereocenters. The minimum absolute atomic E-state index is 0.173. The predicted molar refractivity (Wildman–Crippen MR) is 77.6 cm³/mol. The minimum Gasteiger partial charge on any atom is -0.476 e. The molecule has 2 rings (SSSR count). The van der Waals surface area contributed by atoms with Gasteiger partial charge in [0.25, 0.3) is 0 Å². The Bertz CT molecular complexity index is 648. The van der Waals surface area contributed by atoms with Crippen molar-refractivity contribution < 1.29 is 31.1 Å². The second-order valence-electron chi connectivity index (χ2n) is 4.94. The van der Waals surface area contributed by atoms with Crippen LogP contribution >= 0.6 is 15.9 Å². The quantitative estimate of drug-likeness (QED) is 0.765. The number of nitrogens with zero attached hydrogens (tertiary/aromatic N) is 1. The molecule has 2 heterocycles. The Morgan fingerprint density at radius 1 is 1.48 bits per heavy atom. The van der Waals surface area contributed by atoms with Gasteiger partial charge in [-0.3, -0.25) is 0 Å². The molecule has 0 aliphatic carbocycles. The second kappa shape index (κ2) is 7.32. The van der Waals surface area contributed by atoms with Crippen LogP contribution in [0.5, 0.6) is 5.88 Å². The van der Waals surface area contributed by atoms with Crippen molar-refractivity contribution in [2.24, 2.45) is 5.92 Å². The number of ether oxygens (including phenoxy) is 2. The van der Waals surface area contributed by atoms with E-state index < -0.39 is 22.7 Å². The Labute approximate surface area is 139 Å². The molecule has 130 valence electrons. The molecule has 11 heteroatoms. The molecule has 6 nitrogen and oxygen atoms in total. The number of nitrogens with one attached hydrogen (secondary N) is 1. The van der Waals surface area contributed by atoms with Gasteiger partial charge in [0.2, 0.25) is 15.9 Å². The third-order valence-corrected chi connectivity index (χ3v) is 4.97. The normalized spacial score (nSPS) is 19.0. The average molecular weight is 419 g/mol. The van der Waals surface area contributed by atoms with Gasteiger partial charge in [-0.25, -0.2) is 18.1 Å². The van der Waals surface area contributed by atoms with Crippen molar-refractivity contribution in [1.29, 1.82) is 0 Å². The molecule has 1 saturated heterocycles. The van der Waals surface area contributed by atoms with Crippen LogP contribution in [0.25, 0.3) is 0 Å². The van der Waals surface area contributed by atoms with E-state index in [0.717, 1.165) is 18.7 Å². The summed E-state index contributed by atoms with van der Waals surface area (Å²) in [4.78, 5) is 3.46. The first kappa shape index (κ1) is 18.4. The molecule has 0 aromatic carbocycles. The molecule has 23 heavy (non-hydrogen) atoms. The van der Waals surface area contributed by atoms with E-state index in [1.807, 2.05) is 0 Å². The van der Waals surface area contributed by atoms with E-state index in [2.05, 4.69) is 20.9 Å². The number of rotatable bonds is 6. The van der Waals surface area contributed by atoms with E-state index in [1.54, 1.807) is 0 Å². The number of alkyl halides is 3. The predicted octanol–water partition coefficient (Wildman–Crippen LogP) is 2.10. The molecule has 1 aromatic heterocycles. The van der Waals surface area contributed by atoms with E-state index in [4.69, 9.17) is 9.47 Å². The van der Waals surface area contributed by atoms with E-state index in [1.165, 1.54) is 4.72 Å². The van der Waals surface area contributed by atoms with Crippen molar-refractivity contribution >= 4 is 26.0 Å². The van der Waals surface area contributed by atoms with Gasteiger partial charge in [-0.1, -0.05) is 0 Å². The van der Waals surface area contributed by atoms with E-state index in [9.17, 15) is 21.6 Å². The zero-order valence-electron chi connectivity index (χ0n) is 11.8. The lowest BCUT2D eigenvalue weighted by Crippen LogP contribution is -2.33. The Balaban J connectivity index is 2.02. The summed E-state index contributed by atoms with van der Waals surface area (Å²) in [5.41, 5.74) is 0. The molecule has 1 aliphatic heterocycles. The monoisotopic (exact) mass is 418 g/mol. The van der Waals surface area contributed by atoms with Crippen LogP contribution in [0, 0.1) is 5.92 Å². The van der Waals surface area contributed by atoms with Crippen LogP contribution < -0.4 is 9.46 Å². The lowest BCUT2D eigenvalue weighted by atomic mass is 10.1. The van der Waals surface area contributed by atoms with Gasteiger partial charge in [-0.05, 0) is 28.4 Å². The molecule has 0 radical (unpaired) electrons. The molecule has 1 aliphatic rings. The first-order valence-corrected chi connectivity index (χ1v) is 8.87. The highest BCUT2D eigenvalue weighted by atomic mass is 79.9. The first-order valence-electron chi connectivity index (χ1n) is 6.60. The molecule has 0 spiro atoms. The van der Waals surface area contributed by atoms with Gasteiger partial charge in [0.05, 0.1) is 23.9 Å². The maximum absolute atomic E-state index is 12.1. The van der Waals surface area contributed by atoms with Crippen LogP contribution in [0.2, 0.25) is 0 Å². The molecular formula is C12H14BrF3N2O4S. The number of aromatic nitrogens is 1. The maximum atomic E-state index is 12.1. The molecule has 1 fully saturated rings. The zero-order chi connectivity index (χ0) is 17.1. The van der Waals surface area contributed by atoms with Crippen molar-refractivity contribution in [3.63, 3.8) is 0 Å². The molecule has 0 saturated carbocycles. The summed E-state index contributed by atoms with van der Waals surface area (Å²) < 4.78 is 72.3. The summed E-state index contributed by atoms with van der Waals surface area (Å²) in [6.45, 7) is -0.0208. The number of pyridine rings is 1. The summed E-state index contributed by atoms with van der Waals surface area (Å²) in [7, 11) is -4.30. The van der Waals surface area contributed by atoms with Crippen molar-refractivity contribution in [1.82, 2.24) is 9.71 Å². The fourth-order valence-electron chi connectivity index (χ4n) is 1.83. The summed E-state index contributed by atoms with van der Waals surface area (Å²) in [6.07, 6.45) is -2.82. The molecule has 1 N–H and O–H groups in total. The Morgan fingerprint density at radius 2 is 2.22 bits per heavy atom. The largest absolute Gasteiger partial charge is 0.476 e. The highest BCUT2D eigenvalue weighted by Gasteiger charge is 2.30. The zero-order valence-corrected chi connectivity index (χ0v) is 14.2. The van der Waals surface area contributed by atoms with E-state index >= 15 is 0 Å². The van der Waals surface area contributed by atoms with Crippen LogP contribution in [0.1, 0.15) is 6.42 Å². The third-order valence-electron chi connectivity index (χ3n) is 3.04. The minimum atomic E-state index is -4.63. The third kappa shape index (κ3) is 5.59. The van der Waals surface area contributed by atoms with Gasteiger partial charge in [-0.2, -0.15) is 13.2 Å². The molecule has 1 aromatic rings. The van der Waals surface area contributed by atoms with Crippen LogP contribution in [-0.4, -0.2) is 45.9 Å². The highest BCUT2D eigenvalue weighted by Crippen LogP contribution is 2.26. The molecule has 0 amide bonds. The van der Waals surface area contributed by atoms with Crippen LogP contribution in [0.4, 0.5) is 13.2 Å². The number of halogens is 4. The summed E-state index contributed by atoms with van der Waals surface area (Å²) in [5.74, 6) is 0.409. The van der Waals surface area contributed by atoms with Crippen LogP contribution in [0.3, 0.4) is 0 Å². The molecular weight excluding hydrogens is 405 g/mol. The van der Waals surface area contributed by atoms with E-state index in [0.29, 0.717) is 19.8 Å². The van der Waals surface area contributed by atoms with Gasteiger partial charge in [0.15, 0.2) is 0 Å². The van der Waals surface area contributed by atoms with Gasteiger partial charge < -0.3 is 9.47 Å². The van der Waals surface area contributed by atoms with Gasteiger partial charge in [-0.15, -0.1) is 0 Å². The Kier molecular flexibility index (Phi) is 5.87. The Hall–Kier alpha value is -0.910. The summed E-state index contributed by atoms with van der Waals surface area (Å²) >= 11 is 3.11. The number of sulfonamides is 1. The Morgan fingerprint density at radius 3 is 2.78 bits per heavy atom. The highest BCUT2D eigenvalue weighted by molar-refractivity contribution is 9.10. The van der Waals surface area contributed by atoms with Gasteiger partial charge >= 0.3 is 6.18 Å². The second-order valence-corrected chi connectivity index (χ2v) is 7.56. The lowest BCUT2D eigenvalue weighted by molar-refractivity contribution is -0.121. The molecule has 0 bridgehead atoms. The number of hydrogen-bond acceptors (Lipinski definition) is 5. The fourth-order valence-corrected chi connectivity index (χ4v) is 3.43. The van der Waals surface area contributed by atoms with Crippen molar-refractivity contribution in [2.45, 2.75) is 17.5 Å². The lowest BCUT2D eigenvalue weighted by Gasteiger charge is -2.12. The van der Waals surface area contributed by atoms with Crippen LogP contribution in [-0.2, 0) is 14.8 Å². The van der Waals surface area contributed by atoms with E-state index in [-0.39, 0.29) is 21.2 Å². The van der Waals surface area contributed by atoms with Crippen molar-refractivity contribution in [2.75, 3.05) is 26.4 Å².